The van der Waals surface area contributed by atoms with Crippen LogP contribution >= 0.6 is 0 Å². The van der Waals surface area contributed by atoms with Crippen LogP contribution in [0.15, 0.2) is 91.1 Å². The number of nitrogens with two attached hydrogens (primary N) is 1. The minimum atomic E-state index is -1.04. The van der Waals surface area contributed by atoms with Crippen LogP contribution in [0.5, 0.6) is 5.75 Å². The summed E-state index contributed by atoms with van der Waals surface area (Å²) < 4.78 is 7.56. The zero-order chi connectivity index (χ0) is 31.7. The summed E-state index contributed by atoms with van der Waals surface area (Å²) in [6.45, 7) is 5.10. The summed E-state index contributed by atoms with van der Waals surface area (Å²) in [5.74, 6) is -0.860. The fourth-order valence-corrected chi connectivity index (χ4v) is 5.78. The van der Waals surface area contributed by atoms with Crippen molar-refractivity contribution >= 4 is 34.2 Å². The number of imidazole rings is 1. The maximum atomic E-state index is 14.0. The molecule has 1 atom stereocenters. The predicted molar refractivity (Wildman–Crippen MR) is 172 cm³/mol. The van der Waals surface area contributed by atoms with Crippen LogP contribution in [-0.2, 0) is 4.79 Å². The van der Waals surface area contributed by atoms with Crippen molar-refractivity contribution in [2.75, 3.05) is 31.1 Å². The lowest BCUT2D eigenvalue weighted by molar-refractivity contribution is -0.122. The molecule has 0 radical (unpaired) electrons. The first-order chi connectivity index (χ1) is 21.7. The zero-order valence-electron chi connectivity index (χ0n) is 25.0. The first-order valence-corrected chi connectivity index (χ1v) is 14.7. The van der Waals surface area contributed by atoms with Gasteiger partial charge in [-0.2, -0.15) is 0 Å². The van der Waals surface area contributed by atoms with Crippen molar-refractivity contribution in [3.8, 4) is 22.8 Å². The van der Waals surface area contributed by atoms with Crippen molar-refractivity contribution in [2.24, 2.45) is 5.73 Å². The van der Waals surface area contributed by atoms with Crippen molar-refractivity contribution in [3.63, 3.8) is 0 Å². The van der Waals surface area contributed by atoms with E-state index >= 15 is 0 Å². The molecule has 1 unspecified atom stereocenters. The summed E-state index contributed by atoms with van der Waals surface area (Å²) in [5, 5.41) is 11.3. The van der Waals surface area contributed by atoms with Crippen LogP contribution in [0, 0.1) is 6.92 Å². The highest BCUT2D eigenvalue weighted by molar-refractivity contribution is 6.05. The van der Waals surface area contributed by atoms with Crippen LogP contribution in [0.25, 0.3) is 27.8 Å². The Hall–Kier alpha value is -5.64. The Labute approximate surface area is 260 Å². The predicted octanol–water partition coefficient (Wildman–Crippen LogP) is 4.91. The normalized spacial score (nSPS) is 14.8. The molecule has 1 saturated heterocycles. The average Bonchev–Trinajstić information content (AvgIpc) is 3.50. The summed E-state index contributed by atoms with van der Waals surface area (Å²) in [4.78, 5) is 47.0. The van der Waals surface area contributed by atoms with Gasteiger partial charge in [0.05, 0.1) is 17.9 Å². The lowest BCUT2D eigenvalue weighted by atomic mass is 10.0. The summed E-state index contributed by atoms with van der Waals surface area (Å²) in [6.07, 6.45) is 1.68. The van der Waals surface area contributed by atoms with E-state index in [-0.39, 0.29) is 24.3 Å². The van der Waals surface area contributed by atoms with E-state index in [0.717, 1.165) is 22.2 Å². The van der Waals surface area contributed by atoms with Crippen molar-refractivity contribution in [3.05, 3.63) is 108 Å². The molecule has 6 rings (SSSR count). The Morgan fingerprint density at radius 1 is 0.956 bits per heavy atom. The fraction of sp³-hybridized carbons (Fsp3) is 0.200. The van der Waals surface area contributed by atoms with E-state index in [1.807, 2.05) is 90.0 Å². The summed E-state index contributed by atoms with van der Waals surface area (Å²) >= 11 is 0. The second-order valence-corrected chi connectivity index (χ2v) is 11.0. The van der Waals surface area contributed by atoms with Gasteiger partial charge in [-0.05, 0) is 48.9 Å². The minimum Gasteiger partial charge on any atom is -0.494 e. The summed E-state index contributed by atoms with van der Waals surface area (Å²) in [7, 11) is 0. The van der Waals surface area contributed by atoms with E-state index in [9.17, 15) is 19.5 Å². The largest absolute Gasteiger partial charge is 0.494 e. The Morgan fingerprint density at radius 2 is 1.73 bits per heavy atom. The average molecular weight is 604 g/mol. The molecule has 2 heterocycles. The van der Waals surface area contributed by atoms with Gasteiger partial charge in [-0.1, -0.05) is 60.2 Å². The highest BCUT2D eigenvalue weighted by Gasteiger charge is 2.36. The van der Waals surface area contributed by atoms with Crippen molar-refractivity contribution < 1.29 is 24.2 Å². The monoisotopic (exact) mass is 603 g/mol. The number of carbonyl (C=O) groups excluding carboxylic acids is 2. The topological polar surface area (TPSA) is 131 Å². The number of anilines is 1. The number of piperazine rings is 1. The molecule has 4 aromatic carbocycles. The first-order valence-electron chi connectivity index (χ1n) is 14.7. The van der Waals surface area contributed by atoms with Gasteiger partial charge in [0.1, 0.15) is 23.3 Å². The number of ether oxygens (including phenoxy) is 1. The van der Waals surface area contributed by atoms with Gasteiger partial charge in [0, 0.05) is 43.1 Å². The molecule has 10 nitrogen and oxygen atoms in total. The molecule has 1 aliphatic rings. The molecule has 228 valence electrons. The van der Waals surface area contributed by atoms with Gasteiger partial charge in [-0.3, -0.25) is 14.2 Å². The zero-order valence-corrected chi connectivity index (χ0v) is 25.0. The lowest BCUT2D eigenvalue weighted by Crippen LogP contribution is -2.60. The molecule has 1 aromatic heterocycles. The van der Waals surface area contributed by atoms with E-state index in [1.54, 1.807) is 24.4 Å². The highest BCUT2D eigenvalue weighted by atomic mass is 16.5. The van der Waals surface area contributed by atoms with Gasteiger partial charge < -0.3 is 25.4 Å². The van der Waals surface area contributed by atoms with E-state index in [0.29, 0.717) is 35.8 Å². The van der Waals surface area contributed by atoms with Gasteiger partial charge in [0.2, 0.25) is 5.91 Å². The number of nitrogens with zero attached hydrogens (tertiary/aromatic N) is 4. The number of carboxylic acids is 1. The van der Waals surface area contributed by atoms with Crippen molar-refractivity contribution in [2.45, 2.75) is 19.9 Å². The third-order valence-electron chi connectivity index (χ3n) is 8.05. The molecule has 0 bridgehead atoms. The Morgan fingerprint density at radius 3 is 2.47 bits per heavy atom. The number of carboxylic acid groups (broad SMARTS) is 1. The smallest absolute Gasteiger partial charge is 0.336 e. The first kappa shape index (κ1) is 29.4. The number of carbonyl (C=O) groups is 3. The number of fused-ring (bicyclic) bond motifs is 1. The molecule has 2 amide bonds. The quantitative estimate of drug-likeness (QED) is 0.258. The van der Waals surface area contributed by atoms with Crippen LogP contribution in [0.2, 0.25) is 0 Å². The van der Waals surface area contributed by atoms with Crippen LogP contribution in [0.4, 0.5) is 5.69 Å². The van der Waals surface area contributed by atoms with Crippen molar-refractivity contribution in [1.29, 1.82) is 0 Å². The molecule has 10 heteroatoms. The molecule has 0 aliphatic carbocycles. The molecule has 45 heavy (non-hydrogen) atoms. The maximum Gasteiger partial charge on any atom is 0.336 e. The molecule has 0 saturated carbocycles. The number of hydrogen-bond donors (Lipinski definition) is 2. The van der Waals surface area contributed by atoms with Gasteiger partial charge in [0.15, 0.2) is 0 Å². The number of primary amides is 1. The van der Waals surface area contributed by atoms with Crippen LogP contribution in [0.3, 0.4) is 0 Å². The second kappa shape index (κ2) is 12.2. The van der Waals surface area contributed by atoms with Crippen LogP contribution in [-0.4, -0.2) is 69.6 Å². The molecule has 5 aromatic rings. The number of aromatic carboxylic acids is 1. The highest BCUT2D eigenvalue weighted by Crippen LogP contribution is 2.30. The standard InChI is InChI=1S/C35H33N5O5/c1-3-45-27-9-6-8-25(18-27)40-20-30(37-33(40)23-13-11-22(2)12-14-23)34(42)39-16-15-38(21-31(39)32(36)41)26-17-24-7-4-5-10-28(24)29(19-26)35(43)44/h4-14,17-20,31H,3,15-16,21H2,1-2H3,(H2,36,41)(H,43,44). The molecule has 3 N–H and O–H groups in total. The van der Waals surface area contributed by atoms with Gasteiger partial charge in [-0.15, -0.1) is 0 Å². The maximum absolute atomic E-state index is 14.0. The minimum absolute atomic E-state index is 0.112. The Balaban J connectivity index is 1.34. The van der Waals surface area contributed by atoms with E-state index in [4.69, 9.17) is 15.5 Å². The summed E-state index contributed by atoms with van der Waals surface area (Å²) in [5.41, 5.74) is 9.53. The second-order valence-electron chi connectivity index (χ2n) is 11.0. The van der Waals surface area contributed by atoms with Crippen LogP contribution < -0.4 is 15.4 Å². The van der Waals surface area contributed by atoms with Crippen molar-refractivity contribution in [1.82, 2.24) is 14.5 Å². The third kappa shape index (κ3) is 5.82. The van der Waals surface area contributed by atoms with E-state index in [2.05, 4.69) is 0 Å². The van der Waals surface area contributed by atoms with Gasteiger partial charge in [-0.25, -0.2) is 9.78 Å². The molecule has 1 fully saturated rings. The van der Waals surface area contributed by atoms with Gasteiger partial charge in [0.25, 0.3) is 5.91 Å². The molecule has 0 spiro atoms. The summed E-state index contributed by atoms with van der Waals surface area (Å²) in [6, 6.07) is 25.2. The Kier molecular flexibility index (Phi) is 7.95. The van der Waals surface area contributed by atoms with E-state index < -0.39 is 23.8 Å². The third-order valence-corrected chi connectivity index (χ3v) is 8.05. The number of amides is 2. The fourth-order valence-electron chi connectivity index (χ4n) is 5.78. The SMILES string of the molecule is CCOc1cccc(-n2cc(C(=O)N3CCN(c4cc(C(=O)O)c5ccccc5c4)CC3C(N)=O)nc2-c2ccc(C)cc2)c1. The number of hydrogen-bond acceptors (Lipinski definition) is 6. The number of aromatic nitrogens is 2. The molecule has 1 aliphatic heterocycles. The Bertz CT molecular complexity index is 1920. The lowest BCUT2D eigenvalue weighted by Gasteiger charge is -2.40. The number of rotatable bonds is 8. The van der Waals surface area contributed by atoms with E-state index in [1.165, 1.54) is 4.90 Å². The molecular formula is C35H33N5O5. The van der Waals surface area contributed by atoms with Crippen LogP contribution in [0.1, 0.15) is 33.3 Å². The molecular weight excluding hydrogens is 570 g/mol. The van der Waals surface area contributed by atoms with Gasteiger partial charge >= 0.3 is 5.97 Å². The number of benzene rings is 4. The number of aryl methyl sites for hydroxylation is 1.